The molecule has 0 fully saturated rings. The topological polar surface area (TPSA) is 38.7 Å². The quantitative estimate of drug-likeness (QED) is 0.576. The van der Waals surface area contributed by atoms with Gasteiger partial charge in [-0.1, -0.05) is 12.1 Å². The number of allylic oxidation sites excluding steroid dienone is 1. The van der Waals surface area contributed by atoms with Crippen molar-refractivity contribution in [2.75, 3.05) is 7.11 Å². The van der Waals surface area contributed by atoms with Gasteiger partial charge < -0.3 is 4.74 Å². The number of benzene rings is 1. The number of nitrogens with zero attached hydrogens (tertiary/aromatic N) is 1. The molecular weight excluding hydrogens is 202 g/mol. The lowest BCUT2D eigenvalue weighted by Gasteiger charge is -2.06. The van der Waals surface area contributed by atoms with Crippen molar-refractivity contribution in [3.63, 3.8) is 0 Å². The van der Waals surface area contributed by atoms with Gasteiger partial charge in [0.1, 0.15) is 0 Å². The first-order chi connectivity index (χ1) is 7.60. The smallest absolute Gasteiger partial charge is 0.338 e. The monoisotopic (exact) mass is 217 g/mol. The number of rotatable bonds is 3. The van der Waals surface area contributed by atoms with E-state index in [2.05, 4.69) is 16.4 Å². The third-order valence-corrected chi connectivity index (χ3v) is 2.37. The third-order valence-electron chi connectivity index (χ3n) is 2.37. The third kappa shape index (κ3) is 2.57. The number of aryl methyl sites for hydroxylation is 1. The minimum atomic E-state index is -0.312. The van der Waals surface area contributed by atoms with E-state index >= 15 is 0 Å². The first-order valence-corrected chi connectivity index (χ1v) is 4.92. The highest BCUT2D eigenvalue weighted by molar-refractivity contribution is 5.91. The van der Waals surface area contributed by atoms with Crippen LogP contribution in [0.15, 0.2) is 29.4 Å². The molecule has 0 radical (unpaired) electrons. The van der Waals surface area contributed by atoms with Crippen molar-refractivity contribution in [3.8, 4) is 0 Å². The summed E-state index contributed by atoms with van der Waals surface area (Å²) in [5, 5.41) is 0. The van der Waals surface area contributed by atoms with Crippen LogP contribution in [0.4, 0.5) is 0 Å². The molecule has 0 heterocycles. The SMILES string of the molecule is C=NC=C(C)c1ccc(C(=O)OC)c(C)c1. The molecule has 3 heteroatoms. The maximum Gasteiger partial charge on any atom is 0.338 e. The largest absolute Gasteiger partial charge is 0.465 e. The molecule has 0 aliphatic carbocycles. The summed E-state index contributed by atoms with van der Waals surface area (Å²) in [7, 11) is 1.38. The van der Waals surface area contributed by atoms with E-state index in [9.17, 15) is 4.79 Å². The normalized spacial score (nSPS) is 11.1. The predicted octanol–water partition coefficient (Wildman–Crippen LogP) is 2.84. The van der Waals surface area contributed by atoms with E-state index in [1.807, 2.05) is 26.0 Å². The molecule has 0 aliphatic rings. The van der Waals surface area contributed by atoms with E-state index in [-0.39, 0.29) is 5.97 Å². The number of methoxy groups -OCH3 is 1. The summed E-state index contributed by atoms with van der Waals surface area (Å²) < 4.78 is 4.68. The van der Waals surface area contributed by atoms with Crippen molar-refractivity contribution in [1.82, 2.24) is 0 Å². The number of aliphatic imine (C=N–C) groups is 1. The Balaban J connectivity index is 3.13. The van der Waals surface area contributed by atoms with Gasteiger partial charge in [0.25, 0.3) is 0 Å². The van der Waals surface area contributed by atoms with Crippen molar-refractivity contribution in [2.45, 2.75) is 13.8 Å². The van der Waals surface area contributed by atoms with Gasteiger partial charge in [-0.15, -0.1) is 0 Å². The van der Waals surface area contributed by atoms with Gasteiger partial charge >= 0.3 is 5.97 Å². The Hall–Kier alpha value is -1.90. The second kappa shape index (κ2) is 5.26. The van der Waals surface area contributed by atoms with Gasteiger partial charge in [0.05, 0.1) is 12.7 Å². The van der Waals surface area contributed by atoms with Crippen LogP contribution < -0.4 is 0 Å². The summed E-state index contributed by atoms with van der Waals surface area (Å²) in [6, 6.07) is 5.57. The number of carbonyl (C=O) groups excluding carboxylic acids is 1. The molecule has 0 amide bonds. The molecule has 0 spiro atoms. The van der Waals surface area contributed by atoms with Crippen LogP contribution in [0, 0.1) is 6.92 Å². The first-order valence-electron chi connectivity index (χ1n) is 4.92. The standard InChI is InChI=1S/C13H15NO2/c1-9-7-11(10(2)8-14-3)5-6-12(9)13(15)16-4/h5-8H,3H2,1-2,4H3. The Kier molecular flexibility index (Phi) is 4.00. The second-order valence-electron chi connectivity index (χ2n) is 3.52. The van der Waals surface area contributed by atoms with Gasteiger partial charge in [0, 0.05) is 6.20 Å². The molecule has 0 bridgehead atoms. The fourth-order valence-corrected chi connectivity index (χ4v) is 1.46. The summed E-state index contributed by atoms with van der Waals surface area (Å²) in [5.41, 5.74) is 3.51. The maximum atomic E-state index is 11.4. The first kappa shape index (κ1) is 12.2. The minimum absolute atomic E-state index is 0.312. The molecule has 0 saturated heterocycles. The summed E-state index contributed by atoms with van der Waals surface area (Å²) in [4.78, 5) is 15.1. The fourth-order valence-electron chi connectivity index (χ4n) is 1.46. The van der Waals surface area contributed by atoms with E-state index < -0.39 is 0 Å². The Bertz CT molecular complexity index is 447. The van der Waals surface area contributed by atoms with Gasteiger partial charge in [-0.25, -0.2) is 4.79 Å². The van der Waals surface area contributed by atoms with Crippen molar-refractivity contribution < 1.29 is 9.53 Å². The number of hydrogen-bond acceptors (Lipinski definition) is 3. The maximum absolute atomic E-state index is 11.4. The fraction of sp³-hybridized carbons (Fsp3) is 0.231. The van der Waals surface area contributed by atoms with E-state index in [1.54, 1.807) is 12.3 Å². The van der Waals surface area contributed by atoms with Crippen molar-refractivity contribution in [1.29, 1.82) is 0 Å². The highest BCUT2D eigenvalue weighted by Crippen LogP contribution is 2.18. The van der Waals surface area contributed by atoms with Gasteiger partial charge in [0.15, 0.2) is 0 Å². The molecule has 1 aromatic carbocycles. The Morgan fingerprint density at radius 3 is 2.69 bits per heavy atom. The van der Waals surface area contributed by atoms with Crippen LogP contribution in [0.25, 0.3) is 5.57 Å². The van der Waals surface area contributed by atoms with Crippen molar-refractivity contribution >= 4 is 18.3 Å². The molecule has 0 unspecified atom stereocenters. The predicted molar refractivity (Wildman–Crippen MR) is 65.7 cm³/mol. The molecule has 84 valence electrons. The van der Waals surface area contributed by atoms with Gasteiger partial charge in [0.2, 0.25) is 0 Å². The van der Waals surface area contributed by atoms with Crippen LogP contribution in [0.5, 0.6) is 0 Å². The molecule has 0 atom stereocenters. The van der Waals surface area contributed by atoms with Gasteiger partial charge in [-0.3, -0.25) is 4.99 Å². The highest BCUT2D eigenvalue weighted by atomic mass is 16.5. The molecule has 0 saturated carbocycles. The Labute approximate surface area is 95.5 Å². The zero-order valence-electron chi connectivity index (χ0n) is 9.78. The second-order valence-corrected chi connectivity index (χ2v) is 3.52. The summed E-state index contributed by atoms with van der Waals surface area (Å²) in [6.07, 6.45) is 1.69. The molecule has 0 N–H and O–H groups in total. The lowest BCUT2D eigenvalue weighted by atomic mass is 10.0. The Morgan fingerprint density at radius 1 is 1.50 bits per heavy atom. The molecule has 1 rings (SSSR count). The van der Waals surface area contributed by atoms with E-state index in [1.165, 1.54) is 7.11 Å². The average molecular weight is 217 g/mol. The van der Waals surface area contributed by atoms with Crippen molar-refractivity contribution in [3.05, 3.63) is 41.1 Å². The van der Waals surface area contributed by atoms with Crippen LogP contribution in [0.3, 0.4) is 0 Å². The molecule has 0 aliphatic heterocycles. The molecule has 16 heavy (non-hydrogen) atoms. The Morgan fingerprint density at radius 2 is 2.19 bits per heavy atom. The van der Waals surface area contributed by atoms with E-state index in [0.717, 1.165) is 16.7 Å². The highest BCUT2D eigenvalue weighted by Gasteiger charge is 2.09. The van der Waals surface area contributed by atoms with Crippen LogP contribution in [0.2, 0.25) is 0 Å². The number of ether oxygens (including phenoxy) is 1. The zero-order valence-corrected chi connectivity index (χ0v) is 9.78. The van der Waals surface area contributed by atoms with Crippen LogP contribution in [-0.2, 0) is 4.74 Å². The van der Waals surface area contributed by atoms with E-state index in [4.69, 9.17) is 0 Å². The molecule has 0 aromatic heterocycles. The summed E-state index contributed by atoms with van der Waals surface area (Å²) >= 11 is 0. The van der Waals surface area contributed by atoms with E-state index in [0.29, 0.717) is 5.56 Å². The minimum Gasteiger partial charge on any atom is -0.465 e. The van der Waals surface area contributed by atoms with Gasteiger partial charge in [-0.05, 0) is 43.3 Å². The zero-order chi connectivity index (χ0) is 12.1. The number of esters is 1. The summed E-state index contributed by atoms with van der Waals surface area (Å²) in [6.45, 7) is 7.23. The van der Waals surface area contributed by atoms with Crippen molar-refractivity contribution in [2.24, 2.45) is 4.99 Å². The molecular formula is C13H15NO2. The van der Waals surface area contributed by atoms with Gasteiger partial charge in [-0.2, -0.15) is 0 Å². The lowest BCUT2D eigenvalue weighted by molar-refractivity contribution is 0.0600. The molecule has 3 nitrogen and oxygen atoms in total. The summed E-state index contributed by atoms with van der Waals surface area (Å²) in [5.74, 6) is -0.312. The number of carbonyl (C=O) groups is 1. The van der Waals surface area contributed by atoms with Crippen LogP contribution >= 0.6 is 0 Å². The van der Waals surface area contributed by atoms with Crippen LogP contribution in [0.1, 0.15) is 28.4 Å². The number of hydrogen-bond donors (Lipinski definition) is 0. The van der Waals surface area contributed by atoms with Crippen LogP contribution in [-0.4, -0.2) is 19.8 Å². The lowest BCUT2D eigenvalue weighted by Crippen LogP contribution is -2.03. The average Bonchev–Trinajstić information content (AvgIpc) is 2.28. The molecule has 1 aromatic rings.